The second-order valence-electron chi connectivity index (χ2n) is 3.79. The molecule has 0 fully saturated rings. The fourth-order valence-corrected chi connectivity index (χ4v) is 1.65. The predicted molar refractivity (Wildman–Crippen MR) is 63.1 cm³/mol. The van der Waals surface area contributed by atoms with Crippen molar-refractivity contribution in [2.45, 2.75) is 13.3 Å². The molecule has 0 atom stereocenters. The van der Waals surface area contributed by atoms with Gasteiger partial charge in [0, 0.05) is 24.5 Å². The highest BCUT2D eigenvalue weighted by molar-refractivity contribution is 6.00. The lowest BCUT2D eigenvalue weighted by atomic mass is 10.0. The van der Waals surface area contributed by atoms with Crippen LogP contribution in [0, 0.1) is 0 Å². The quantitative estimate of drug-likeness (QED) is 0.814. The molecule has 0 saturated carbocycles. The van der Waals surface area contributed by atoms with E-state index in [-0.39, 0.29) is 18.0 Å². The Morgan fingerprint density at radius 3 is 2.59 bits per heavy atom. The van der Waals surface area contributed by atoms with E-state index in [4.69, 9.17) is 0 Å². The number of benzene rings is 1. The summed E-state index contributed by atoms with van der Waals surface area (Å²) in [6.45, 7) is 1.45. The van der Waals surface area contributed by atoms with Crippen molar-refractivity contribution in [2.24, 2.45) is 0 Å². The van der Waals surface area contributed by atoms with Gasteiger partial charge < -0.3 is 0 Å². The number of H-pyrrole nitrogens is 1. The second kappa shape index (κ2) is 4.74. The molecular formula is C13H12N2O2. The monoisotopic (exact) mass is 228 g/mol. The number of rotatable bonds is 4. The van der Waals surface area contributed by atoms with Crippen molar-refractivity contribution in [3.8, 4) is 0 Å². The third-order valence-corrected chi connectivity index (χ3v) is 2.52. The molecule has 0 aliphatic carbocycles. The molecule has 2 aromatic rings. The van der Waals surface area contributed by atoms with E-state index in [1.54, 1.807) is 12.1 Å². The van der Waals surface area contributed by atoms with Crippen LogP contribution in [-0.4, -0.2) is 21.8 Å². The van der Waals surface area contributed by atoms with Crippen LogP contribution >= 0.6 is 0 Å². The normalized spacial score (nSPS) is 10.2. The fraction of sp³-hybridized carbons (Fsp3) is 0.154. The van der Waals surface area contributed by atoms with Crippen LogP contribution in [0.25, 0.3) is 0 Å². The molecule has 1 N–H and O–H groups in total. The number of carbonyl (C=O) groups is 2. The van der Waals surface area contributed by atoms with Crippen LogP contribution < -0.4 is 0 Å². The zero-order valence-corrected chi connectivity index (χ0v) is 9.43. The van der Waals surface area contributed by atoms with Crippen LogP contribution in [0.5, 0.6) is 0 Å². The lowest BCUT2D eigenvalue weighted by Gasteiger charge is -2.00. The van der Waals surface area contributed by atoms with E-state index in [0.29, 0.717) is 16.8 Å². The summed E-state index contributed by atoms with van der Waals surface area (Å²) in [6.07, 6.45) is 1.72. The van der Waals surface area contributed by atoms with Gasteiger partial charge in [-0.05, 0) is 0 Å². The minimum Gasteiger partial charge on any atom is -0.294 e. The predicted octanol–water partition coefficient (Wildman–Crippen LogP) is 2.04. The number of nitrogens with zero attached hydrogens (tertiary/aromatic N) is 1. The number of carbonyl (C=O) groups excluding carboxylic acids is 2. The minimum atomic E-state index is -0.113. The number of aromatic nitrogens is 2. The molecule has 1 heterocycles. The molecule has 1 aromatic heterocycles. The van der Waals surface area contributed by atoms with Crippen LogP contribution in [-0.2, 0) is 6.42 Å². The number of hydrogen-bond acceptors (Lipinski definition) is 3. The average Bonchev–Trinajstić information content (AvgIpc) is 2.78. The summed E-state index contributed by atoms with van der Waals surface area (Å²) in [5, 5.41) is 6.40. The van der Waals surface area contributed by atoms with Gasteiger partial charge in [-0.1, -0.05) is 30.3 Å². The van der Waals surface area contributed by atoms with Gasteiger partial charge in [0.25, 0.3) is 0 Å². The largest absolute Gasteiger partial charge is 0.294 e. The van der Waals surface area contributed by atoms with Crippen molar-refractivity contribution in [2.75, 3.05) is 0 Å². The third kappa shape index (κ3) is 2.47. The van der Waals surface area contributed by atoms with E-state index >= 15 is 0 Å². The van der Waals surface area contributed by atoms with Crippen molar-refractivity contribution in [3.05, 3.63) is 53.3 Å². The molecule has 2 rings (SSSR count). The lowest BCUT2D eigenvalue weighted by molar-refractivity contribution is 0.0992. The zero-order chi connectivity index (χ0) is 12.3. The highest BCUT2D eigenvalue weighted by atomic mass is 16.1. The minimum absolute atomic E-state index is 0.0190. The van der Waals surface area contributed by atoms with Gasteiger partial charge in [-0.2, -0.15) is 5.10 Å². The Balaban J connectivity index is 2.19. The van der Waals surface area contributed by atoms with Crippen LogP contribution in [0.15, 0.2) is 36.5 Å². The molecule has 0 amide bonds. The highest BCUT2D eigenvalue weighted by Gasteiger charge is 2.14. The first-order chi connectivity index (χ1) is 8.18. The molecule has 1 aromatic carbocycles. The molecule has 0 aliphatic heterocycles. The van der Waals surface area contributed by atoms with Crippen LogP contribution in [0.3, 0.4) is 0 Å². The van der Waals surface area contributed by atoms with Crippen molar-refractivity contribution in [1.29, 1.82) is 0 Å². The summed E-state index contributed by atoms with van der Waals surface area (Å²) in [5.74, 6) is -0.132. The number of Topliss-reactive ketones (excluding diaryl/α,β-unsaturated/α-hetero) is 2. The smallest absolute Gasteiger partial charge is 0.177 e. The molecular weight excluding hydrogens is 216 g/mol. The van der Waals surface area contributed by atoms with Gasteiger partial charge in [0.05, 0.1) is 6.20 Å². The first kappa shape index (κ1) is 11.3. The van der Waals surface area contributed by atoms with Crippen molar-refractivity contribution in [3.63, 3.8) is 0 Å². The molecule has 4 nitrogen and oxygen atoms in total. The van der Waals surface area contributed by atoms with Gasteiger partial charge in [-0.15, -0.1) is 0 Å². The molecule has 0 bridgehead atoms. The number of aromatic amines is 1. The molecule has 86 valence electrons. The van der Waals surface area contributed by atoms with Gasteiger partial charge in [0.15, 0.2) is 11.6 Å². The number of nitrogens with one attached hydrogen (secondary N) is 1. The lowest BCUT2D eigenvalue weighted by Crippen LogP contribution is -2.06. The van der Waals surface area contributed by atoms with Crippen molar-refractivity contribution >= 4 is 11.6 Å². The fourth-order valence-electron chi connectivity index (χ4n) is 1.65. The van der Waals surface area contributed by atoms with Gasteiger partial charge >= 0.3 is 0 Å². The van der Waals surface area contributed by atoms with Crippen LogP contribution in [0.2, 0.25) is 0 Å². The zero-order valence-electron chi connectivity index (χ0n) is 9.43. The summed E-state index contributed by atoms with van der Waals surface area (Å²) in [5.41, 5.74) is 1.70. The summed E-state index contributed by atoms with van der Waals surface area (Å²) < 4.78 is 0. The van der Waals surface area contributed by atoms with E-state index in [1.807, 2.05) is 18.2 Å². The molecule has 0 saturated heterocycles. The number of ketones is 2. The Kier molecular flexibility index (Phi) is 3.14. The van der Waals surface area contributed by atoms with E-state index in [2.05, 4.69) is 10.2 Å². The SMILES string of the molecule is CC(=O)c1[nH]ncc1CC(=O)c1ccccc1. The molecule has 0 radical (unpaired) electrons. The van der Waals surface area contributed by atoms with Crippen molar-refractivity contribution < 1.29 is 9.59 Å². The van der Waals surface area contributed by atoms with E-state index in [0.717, 1.165) is 0 Å². The van der Waals surface area contributed by atoms with Gasteiger partial charge in [0.1, 0.15) is 5.69 Å². The van der Waals surface area contributed by atoms with Crippen molar-refractivity contribution in [1.82, 2.24) is 10.2 Å². The molecule has 4 heteroatoms. The Morgan fingerprint density at radius 1 is 1.24 bits per heavy atom. The van der Waals surface area contributed by atoms with E-state index in [9.17, 15) is 9.59 Å². The second-order valence-corrected chi connectivity index (χ2v) is 3.79. The maximum absolute atomic E-state index is 11.9. The molecule has 0 aliphatic rings. The van der Waals surface area contributed by atoms with Crippen LogP contribution in [0.4, 0.5) is 0 Å². The molecule has 0 unspecified atom stereocenters. The first-order valence-electron chi connectivity index (χ1n) is 5.30. The average molecular weight is 228 g/mol. The Morgan fingerprint density at radius 2 is 1.94 bits per heavy atom. The van der Waals surface area contributed by atoms with Gasteiger partial charge in [-0.25, -0.2) is 0 Å². The topological polar surface area (TPSA) is 62.8 Å². The van der Waals surface area contributed by atoms with E-state index < -0.39 is 0 Å². The van der Waals surface area contributed by atoms with Gasteiger partial charge in [-0.3, -0.25) is 14.7 Å². The maximum Gasteiger partial charge on any atom is 0.177 e. The Bertz CT molecular complexity index is 544. The summed E-state index contributed by atoms with van der Waals surface area (Å²) >= 11 is 0. The standard InChI is InChI=1S/C13H12N2O2/c1-9(16)13-11(8-14-15-13)7-12(17)10-5-3-2-4-6-10/h2-6,8H,7H2,1H3,(H,14,15). The Labute approximate surface area is 98.7 Å². The summed E-state index contributed by atoms with van der Waals surface area (Å²) in [6, 6.07) is 9.00. The number of hydrogen-bond donors (Lipinski definition) is 1. The maximum atomic E-state index is 11.9. The summed E-state index contributed by atoms with van der Waals surface area (Å²) in [7, 11) is 0. The molecule has 17 heavy (non-hydrogen) atoms. The highest BCUT2D eigenvalue weighted by Crippen LogP contribution is 2.10. The van der Waals surface area contributed by atoms with E-state index in [1.165, 1.54) is 13.1 Å². The third-order valence-electron chi connectivity index (χ3n) is 2.52. The first-order valence-corrected chi connectivity index (χ1v) is 5.30. The van der Waals surface area contributed by atoms with Gasteiger partial charge in [0.2, 0.25) is 0 Å². The molecule has 0 spiro atoms. The Hall–Kier alpha value is -2.23. The van der Waals surface area contributed by atoms with Crippen LogP contribution in [0.1, 0.15) is 33.3 Å². The summed E-state index contributed by atoms with van der Waals surface area (Å²) in [4.78, 5) is 23.2.